The van der Waals surface area contributed by atoms with Gasteiger partial charge in [0.2, 0.25) is 0 Å². The molecule has 0 radical (unpaired) electrons. The lowest BCUT2D eigenvalue weighted by atomic mass is 10.2. The smallest absolute Gasteiger partial charge is 0.330 e. The van der Waals surface area contributed by atoms with E-state index < -0.39 is 11.2 Å². The third kappa shape index (κ3) is 4.99. The number of H-pyrrole nitrogens is 1. The van der Waals surface area contributed by atoms with Crippen molar-refractivity contribution in [1.29, 1.82) is 0 Å². The Labute approximate surface area is 189 Å². The van der Waals surface area contributed by atoms with Gasteiger partial charge in [0.05, 0.1) is 4.88 Å². The molecule has 0 atom stereocenters. The van der Waals surface area contributed by atoms with Gasteiger partial charge in [-0.25, -0.2) is 9.18 Å². The van der Waals surface area contributed by atoms with Crippen molar-refractivity contribution >= 4 is 28.7 Å². The SMILES string of the molecule is CCCCN(C(=O)c1ccc(-c2ccc(F)cc2)s1)c1c(N)n(CC(C)C)c(=O)[nH]c1=O. The maximum absolute atomic E-state index is 13.5. The van der Waals surface area contributed by atoms with Crippen LogP contribution in [-0.2, 0) is 6.54 Å². The van der Waals surface area contributed by atoms with Crippen LogP contribution >= 0.6 is 11.3 Å². The highest BCUT2D eigenvalue weighted by atomic mass is 32.1. The second-order valence-corrected chi connectivity index (χ2v) is 9.06. The molecule has 0 saturated heterocycles. The third-order valence-corrected chi connectivity index (χ3v) is 6.08. The van der Waals surface area contributed by atoms with E-state index >= 15 is 0 Å². The number of nitrogen functional groups attached to an aromatic ring is 1. The lowest BCUT2D eigenvalue weighted by Crippen LogP contribution is -2.41. The van der Waals surface area contributed by atoms with Crippen molar-refractivity contribution < 1.29 is 9.18 Å². The summed E-state index contributed by atoms with van der Waals surface area (Å²) in [5.41, 5.74) is 5.74. The molecule has 32 heavy (non-hydrogen) atoms. The molecule has 0 spiro atoms. The molecule has 2 aromatic heterocycles. The third-order valence-electron chi connectivity index (χ3n) is 4.96. The molecular weight excluding hydrogens is 431 g/mol. The molecule has 0 aliphatic heterocycles. The average molecular weight is 459 g/mol. The van der Waals surface area contributed by atoms with Gasteiger partial charge in [0.15, 0.2) is 5.69 Å². The van der Waals surface area contributed by atoms with E-state index in [-0.39, 0.29) is 35.7 Å². The second kappa shape index (κ2) is 9.95. The highest BCUT2D eigenvalue weighted by molar-refractivity contribution is 7.17. The van der Waals surface area contributed by atoms with E-state index in [1.807, 2.05) is 20.8 Å². The molecule has 9 heteroatoms. The summed E-state index contributed by atoms with van der Waals surface area (Å²) in [7, 11) is 0. The van der Waals surface area contributed by atoms with Gasteiger partial charge >= 0.3 is 5.69 Å². The van der Waals surface area contributed by atoms with Gasteiger partial charge in [-0.2, -0.15) is 0 Å². The Bertz CT molecular complexity index is 1210. The molecule has 2 heterocycles. The molecule has 0 bridgehead atoms. The first-order valence-corrected chi connectivity index (χ1v) is 11.3. The number of aromatic nitrogens is 2. The number of amides is 1. The molecule has 0 aliphatic rings. The quantitative estimate of drug-likeness (QED) is 0.531. The predicted octanol–water partition coefficient (Wildman–Crippen LogP) is 4.09. The lowest BCUT2D eigenvalue weighted by Gasteiger charge is -2.24. The molecule has 1 amide bonds. The summed E-state index contributed by atoms with van der Waals surface area (Å²) in [6.07, 6.45) is 1.46. The summed E-state index contributed by atoms with van der Waals surface area (Å²) in [6.45, 7) is 6.44. The fourth-order valence-electron chi connectivity index (χ4n) is 3.37. The van der Waals surface area contributed by atoms with E-state index in [2.05, 4.69) is 4.98 Å². The molecule has 1 aromatic carbocycles. The highest BCUT2D eigenvalue weighted by Crippen LogP contribution is 2.30. The predicted molar refractivity (Wildman–Crippen MR) is 127 cm³/mol. The van der Waals surface area contributed by atoms with E-state index in [4.69, 9.17) is 5.73 Å². The minimum Gasteiger partial charge on any atom is -0.383 e. The maximum atomic E-state index is 13.5. The van der Waals surface area contributed by atoms with Crippen LogP contribution < -0.4 is 21.9 Å². The summed E-state index contributed by atoms with van der Waals surface area (Å²) in [5.74, 6) is -0.612. The van der Waals surface area contributed by atoms with Crippen molar-refractivity contribution in [1.82, 2.24) is 9.55 Å². The van der Waals surface area contributed by atoms with Gasteiger partial charge in [0.25, 0.3) is 11.5 Å². The molecule has 0 unspecified atom stereocenters. The van der Waals surface area contributed by atoms with E-state index in [1.54, 1.807) is 24.3 Å². The largest absolute Gasteiger partial charge is 0.383 e. The number of nitrogens with zero attached hydrogens (tertiary/aromatic N) is 2. The molecule has 170 valence electrons. The Kier molecular flexibility index (Phi) is 7.29. The van der Waals surface area contributed by atoms with Crippen molar-refractivity contribution in [2.45, 2.75) is 40.2 Å². The van der Waals surface area contributed by atoms with Gasteiger partial charge < -0.3 is 5.73 Å². The van der Waals surface area contributed by atoms with Crippen LogP contribution in [0.1, 0.15) is 43.3 Å². The first-order chi connectivity index (χ1) is 15.2. The summed E-state index contributed by atoms with van der Waals surface area (Å²) in [4.78, 5) is 43.4. The van der Waals surface area contributed by atoms with E-state index in [9.17, 15) is 18.8 Å². The Hall–Kier alpha value is -3.20. The number of aromatic amines is 1. The number of hydrogen-bond donors (Lipinski definition) is 2. The first-order valence-electron chi connectivity index (χ1n) is 10.5. The fraction of sp³-hybridized carbons (Fsp3) is 0.348. The lowest BCUT2D eigenvalue weighted by molar-refractivity contribution is 0.0990. The number of carbonyl (C=O) groups excluding carboxylic acids is 1. The molecule has 3 N–H and O–H groups in total. The van der Waals surface area contributed by atoms with Crippen LogP contribution in [0.3, 0.4) is 0 Å². The number of carbonyl (C=O) groups is 1. The second-order valence-electron chi connectivity index (χ2n) is 7.98. The van der Waals surface area contributed by atoms with Crippen LogP contribution in [0.15, 0.2) is 46.0 Å². The Balaban J connectivity index is 2.04. The Morgan fingerprint density at radius 2 is 1.88 bits per heavy atom. The van der Waals surface area contributed by atoms with Crippen LogP contribution in [-0.4, -0.2) is 22.0 Å². The van der Waals surface area contributed by atoms with Gasteiger partial charge in [0, 0.05) is 18.0 Å². The number of unbranched alkanes of at least 4 members (excludes halogenated alkanes) is 1. The summed E-state index contributed by atoms with van der Waals surface area (Å²) < 4.78 is 14.5. The monoisotopic (exact) mass is 458 g/mol. The highest BCUT2D eigenvalue weighted by Gasteiger charge is 2.26. The molecule has 0 saturated carbocycles. The maximum Gasteiger partial charge on any atom is 0.330 e. The van der Waals surface area contributed by atoms with Gasteiger partial charge in [-0.3, -0.25) is 24.0 Å². The number of halogens is 1. The van der Waals surface area contributed by atoms with Crippen molar-refractivity contribution in [3.05, 3.63) is 67.9 Å². The first kappa shape index (κ1) is 23.5. The van der Waals surface area contributed by atoms with Crippen LogP contribution in [0.4, 0.5) is 15.9 Å². The van der Waals surface area contributed by atoms with Crippen LogP contribution in [0, 0.1) is 11.7 Å². The number of nitrogens with one attached hydrogen (secondary N) is 1. The molecular formula is C23H27FN4O3S. The van der Waals surface area contributed by atoms with Crippen molar-refractivity contribution in [2.24, 2.45) is 5.92 Å². The van der Waals surface area contributed by atoms with Gasteiger partial charge in [0.1, 0.15) is 11.6 Å². The van der Waals surface area contributed by atoms with Crippen molar-refractivity contribution in [3.63, 3.8) is 0 Å². The topological polar surface area (TPSA) is 101 Å². The number of benzene rings is 1. The number of rotatable bonds is 8. The van der Waals surface area contributed by atoms with Gasteiger partial charge in [-0.1, -0.05) is 39.3 Å². The summed E-state index contributed by atoms with van der Waals surface area (Å²) in [6, 6.07) is 9.49. The van der Waals surface area contributed by atoms with E-state index in [1.165, 1.54) is 32.9 Å². The molecule has 0 fully saturated rings. The fourth-order valence-corrected chi connectivity index (χ4v) is 4.33. The zero-order valence-electron chi connectivity index (χ0n) is 18.4. The molecule has 7 nitrogen and oxygen atoms in total. The normalized spacial score (nSPS) is 11.2. The van der Waals surface area contributed by atoms with Gasteiger partial charge in [-0.15, -0.1) is 11.3 Å². The average Bonchev–Trinajstić information content (AvgIpc) is 3.23. The number of hydrogen-bond acceptors (Lipinski definition) is 5. The standard InChI is InChI=1S/C23H27FN4O3S/c1-4-5-12-27(19-20(25)28(13-14(2)3)23(31)26-21(19)29)22(30)18-11-10-17(32-18)15-6-8-16(24)9-7-15/h6-11,14H,4-5,12-13,25H2,1-3H3,(H,26,29,31). The Morgan fingerprint density at radius 3 is 2.50 bits per heavy atom. The summed E-state index contributed by atoms with van der Waals surface area (Å²) >= 11 is 1.25. The molecule has 0 aliphatic carbocycles. The van der Waals surface area contributed by atoms with Crippen molar-refractivity contribution in [2.75, 3.05) is 17.2 Å². The minimum absolute atomic E-state index is 0.0135. The van der Waals surface area contributed by atoms with Crippen LogP contribution in [0.2, 0.25) is 0 Å². The van der Waals surface area contributed by atoms with E-state index in [0.29, 0.717) is 17.8 Å². The minimum atomic E-state index is -0.688. The number of nitrogens with two attached hydrogens (primary N) is 1. The zero-order valence-corrected chi connectivity index (χ0v) is 19.2. The number of anilines is 2. The van der Waals surface area contributed by atoms with Crippen LogP contribution in [0.25, 0.3) is 10.4 Å². The van der Waals surface area contributed by atoms with Crippen molar-refractivity contribution in [3.8, 4) is 10.4 Å². The molecule has 3 rings (SSSR count). The number of thiophene rings is 1. The summed E-state index contributed by atoms with van der Waals surface area (Å²) in [5, 5.41) is 0. The molecule has 3 aromatic rings. The Morgan fingerprint density at radius 1 is 1.19 bits per heavy atom. The zero-order chi connectivity index (χ0) is 23.4. The van der Waals surface area contributed by atoms with Crippen LogP contribution in [0.5, 0.6) is 0 Å². The van der Waals surface area contributed by atoms with E-state index in [0.717, 1.165) is 16.9 Å². The van der Waals surface area contributed by atoms with Gasteiger partial charge in [-0.05, 0) is 42.2 Å².